The van der Waals surface area contributed by atoms with Crippen molar-refractivity contribution in [2.75, 3.05) is 17.1 Å². The summed E-state index contributed by atoms with van der Waals surface area (Å²) in [5.41, 5.74) is 2.31. The lowest BCUT2D eigenvalue weighted by atomic mass is 10.2. The minimum atomic E-state index is -3.74. The maximum atomic E-state index is 12.6. The Labute approximate surface area is 158 Å². The molecule has 0 radical (unpaired) electrons. The minimum absolute atomic E-state index is 0.145. The largest absolute Gasteiger partial charge is 0.497 e. The van der Waals surface area contributed by atoms with Crippen LogP contribution in [-0.4, -0.2) is 25.7 Å². The molecule has 1 heterocycles. The van der Waals surface area contributed by atoms with Crippen molar-refractivity contribution in [2.45, 2.75) is 18.7 Å². The number of hydrogen-bond acceptors (Lipinski definition) is 6. The molecule has 0 atom stereocenters. The molecule has 3 aromatic rings. The summed E-state index contributed by atoms with van der Waals surface area (Å²) in [7, 11) is -2.14. The van der Waals surface area contributed by atoms with Crippen LogP contribution in [-0.2, 0) is 10.0 Å². The van der Waals surface area contributed by atoms with Gasteiger partial charge in [-0.25, -0.2) is 8.42 Å². The van der Waals surface area contributed by atoms with Crippen molar-refractivity contribution in [3.8, 4) is 5.75 Å². The molecule has 0 bridgehead atoms. The van der Waals surface area contributed by atoms with E-state index < -0.39 is 10.0 Å². The molecule has 0 fully saturated rings. The fourth-order valence-electron chi connectivity index (χ4n) is 2.49. The summed E-state index contributed by atoms with van der Waals surface area (Å²) in [5.74, 6) is 1.34. The van der Waals surface area contributed by atoms with Gasteiger partial charge in [-0.05, 0) is 55.3 Å². The van der Waals surface area contributed by atoms with Gasteiger partial charge in [0, 0.05) is 11.8 Å². The number of methoxy groups -OCH3 is 1. The lowest BCUT2D eigenvalue weighted by molar-refractivity contribution is 0.415. The number of rotatable bonds is 6. The number of nitrogens with one attached hydrogen (secondary N) is 2. The van der Waals surface area contributed by atoms with Gasteiger partial charge in [0.15, 0.2) is 11.6 Å². The Morgan fingerprint density at radius 3 is 2.37 bits per heavy atom. The zero-order valence-corrected chi connectivity index (χ0v) is 16.0. The molecule has 0 unspecified atom stereocenters. The molecule has 27 heavy (non-hydrogen) atoms. The Morgan fingerprint density at radius 1 is 0.926 bits per heavy atom. The molecule has 1 aromatic heterocycles. The van der Waals surface area contributed by atoms with Crippen molar-refractivity contribution >= 4 is 27.3 Å². The molecule has 2 N–H and O–H groups in total. The van der Waals surface area contributed by atoms with E-state index in [1.807, 2.05) is 37.3 Å². The Bertz CT molecular complexity index is 1050. The molecule has 8 heteroatoms. The highest BCUT2D eigenvalue weighted by atomic mass is 32.2. The summed E-state index contributed by atoms with van der Waals surface area (Å²) in [6.07, 6.45) is 0. The van der Waals surface area contributed by atoms with Crippen molar-refractivity contribution < 1.29 is 13.2 Å². The van der Waals surface area contributed by atoms with Crippen LogP contribution in [0.25, 0.3) is 0 Å². The van der Waals surface area contributed by atoms with Gasteiger partial charge in [-0.15, -0.1) is 10.2 Å². The van der Waals surface area contributed by atoms with Gasteiger partial charge in [0.1, 0.15) is 5.75 Å². The first kappa shape index (κ1) is 18.7. The summed E-state index contributed by atoms with van der Waals surface area (Å²) in [6.45, 7) is 3.60. The Hall–Kier alpha value is -3.13. The van der Waals surface area contributed by atoms with Gasteiger partial charge in [-0.1, -0.05) is 18.2 Å². The summed E-state index contributed by atoms with van der Waals surface area (Å²) in [6, 6.07) is 15.8. The van der Waals surface area contributed by atoms with Crippen molar-refractivity contribution in [1.29, 1.82) is 0 Å². The van der Waals surface area contributed by atoms with Crippen LogP contribution in [0.5, 0.6) is 5.75 Å². The van der Waals surface area contributed by atoms with E-state index in [-0.39, 0.29) is 10.7 Å². The zero-order valence-electron chi connectivity index (χ0n) is 15.2. The third kappa shape index (κ3) is 4.53. The highest BCUT2D eigenvalue weighted by Crippen LogP contribution is 2.22. The molecule has 7 nitrogen and oxygen atoms in total. The molecule has 0 aliphatic carbocycles. The third-order valence-corrected chi connectivity index (χ3v) is 5.38. The van der Waals surface area contributed by atoms with E-state index in [2.05, 4.69) is 20.2 Å². The Morgan fingerprint density at radius 2 is 1.67 bits per heavy atom. The topological polar surface area (TPSA) is 93.2 Å². The molecule has 0 spiro atoms. The van der Waals surface area contributed by atoms with Crippen molar-refractivity contribution in [2.24, 2.45) is 0 Å². The molecule has 0 amide bonds. The second-order valence-corrected chi connectivity index (χ2v) is 7.69. The summed E-state index contributed by atoms with van der Waals surface area (Å²) in [4.78, 5) is 0.225. The van der Waals surface area contributed by atoms with Crippen LogP contribution in [0, 0.1) is 13.8 Å². The van der Waals surface area contributed by atoms with E-state index in [0.717, 1.165) is 11.3 Å². The smallest absolute Gasteiger partial charge is 0.263 e. The van der Waals surface area contributed by atoms with E-state index in [1.165, 1.54) is 0 Å². The van der Waals surface area contributed by atoms with Crippen LogP contribution in [0.15, 0.2) is 59.5 Å². The van der Waals surface area contributed by atoms with Crippen molar-refractivity contribution in [3.05, 3.63) is 65.7 Å². The first-order valence-electron chi connectivity index (χ1n) is 8.22. The summed E-state index contributed by atoms with van der Waals surface area (Å²) >= 11 is 0. The predicted octanol–water partition coefficient (Wildman–Crippen LogP) is 3.65. The maximum Gasteiger partial charge on any atom is 0.263 e. The number of aryl methyl sites for hydroxylation is 2. The van der Waals surface area contributed by atoms with Gasteiger partial charge >= 0.3 is 0 Å². The summed E-state index contributed by atoms with van der Waals surface area (Å²) < 4.78 is 32.9. The minimum Gasteiger partial charge on any atom is -0.497 e. The van der Waals surface area contributed by atoms with E-state index >= 15 is 0 Å². The number of benzene rings is 2. The molecule has 3 rings (SSSR count). The number of ether oxygens (including phenoxy) is 1. The van der Waals surface area contributed by atoms with E-state index in [9.17, 15) is 8.42 Å². The van der Waals surface area contributed by atoms with Crippen LogP contribution >= 0.6 is 0 Å². The van der Waals surface area contributed by atoms with Crippen molar-refractivity contribution in [1.82, 2.24) is 10.2 Å². The van der Waals surface area contributed by atoms with Gasteiger partial charge < -0.3 is 10.1 Å². The quantitative estimate of drug-likeness (QED) is 0.674. The number of sulfonamides is 1. The lowest BCUT2D eigenvalue weighted by Crippen LogP contribution is -2.15. The average Bonchev–Trinajstić information content (AvgIpc) is 2.65. The zero-order chi connectivity index (χ0) is 19.4. The predicted molar refractivity (Wildman–Crippen MR) is 105 cm³/mol. The first-order chi connectivity index (χ1) is 12.9. The normalized spacial score (nSPS) is 11.1. The number of nitrogens with zero attached hydrogens (tertiary/aromatic N) is 2. The maximum absolute atomic E-state index is 12.6. The van der Waals surface area contributed by atoms with Gasteiger partial charge in [-0.3, -0.25) is 4.72 Å². The molecular formula is C19H20N4O3S. The van der Waals surface area contributed by atoms with Crippen LogP contribution < -0.4 is 14.8 Å². The monoisotopic (exact) mass is 384 g/mol. The molecule has 140 valence electrons. The van der Waals surface area contributed by atoms with Crippen LogP contribution in [0.3, 0.4) is 0 Å². The van der Waals surface area contributed by atoms with Crippen LogP contribution in [0.1, 0.15) is 11.1 Å². The van der Waals surface area contributed by atoms with Crippen molar-refractivity contribution in [3.63, 3.8) is 0 Å². The van der Waals surface area contributed by atoms with Crippen LogP contribution in [0.4, 0.5) is 17.3 Å². The standard InChI is InChI=1S/C19H20N4O3S/c1-13-7-8-14(2)17(11-13)27(24,25)23-19-10-9-18(21-22-19)20-15-5-4-6-16(12-15)26-3/h4-12H,1-3H3,(H,20,21)(H,22,23). The lowest BCUT2D eigenvalue weighted by Gasteiger charge is -2.11. The molecular weight excluding hydrogens is 364 g/mol. The highest BCUT2D eigenvalue weighted by molar-refractivity contribution is 7.92. The Balaban J connectivity index is 1.76. The average molecular weight is 384 g/mol. The number of aromatic nitrogens is 2. The van der Waals surface area contributed by atoms with Gasteiger partial charge in [0.05, 0.1) is 12.0 Å². The fraction of sp³-hybridized carbons (Fsp3) is 0.158. The second-order valence-electron chi connectivity index (χ2n) is 6.04. The van der Waals surface area contributed by atoms with Crippen LogP contribution in [0.2, 0.25) is 0 Å². The first-order valence-corrected chi connectivity index (χ1v) is 9.70. The number of hydrogen-bond donors (Lipinski definition) is 2. The summed E-state index contributed by atoms with van der Waals surface area (Å²) in [5, 5.41) is 11.1. The molecule has 0 saturated carbocycles. The highest BCUT2D eigenvalue weighted by Gasteiger charge is 2.18. The second kappa shape index (κ2) is 7.63. The molecule has 0 aliphatic rings. The van der Waals surface area contributed by atoms with Gasteiger partial charge in [0.25, 0.3) is 10.0 Å². The van der Waals surface area contributed by atoms with Gasteiger partial charge in [-0.2, -0.15) is 0 Å². The SMILES string of the molecule is COc1cccc(Nc2ccc(NS(=O)(=O)c3cc(C)ccc3C)nn2)c1. The van der Waals surface area contributed by atoms with E-state index in [4.69, 9.17) is 4.74 Å². The fourth-order valence-corrected chi connectivity index (χ4v) is 3.82. The van der Waals surface area contributed by atoms with E-state index in [1.54, 1.807) is 38.3 Å². The molecule has 0 aliphatic heterocycles. The van der Waals surface area contributed by atoms with E-state index in [0.29, 0.717) is 17.1 Å². The Kier molecular flexibility index (Phi) is 5.27. The number of anilines is 3. The third-order valence-electron chi connectivity index (χ3n) is 3.88. The molecule has 0 saturated heterocycles. The van der Waals surface area contributed by atoms with Gasteiger partial charge in [0.2, 0.25) is 0 Å². The molecule has 2 aromatic carbocycles.